The Hall–Kier alpha value is -3.78. The number of rotatable bonds is 3. The number of anilines is 1. The lowest BCUT2D eigenvalue weighted by Crippen LogP contribution is -2.44. The third kappa shape index (κ3) is 3.43. The number of halogens is 2. The first-order valence-corrected chi connectivity index (χ1v) is 10.9. The normalized spacial score (nSPS) is 14.5. The second-order valence-corrected chi connectivity index (χ2v) is 8.43. The van der Waals surface area contributed by atoms with Crippen LogP contribution in [0.2, 0.25) is 0 Å². The summed E-state index contributed by atoms with van der Waals surface area (Å²) in [5, 5.41) is 9.65. The Morgan fingerprint density at radius 3 is 2.67 bits per heavy atom. The van der Waals surface area contributed by atoms with Crippen molar-refractivity contribution in [3.8, 4) is 22.3 Å². The van der Waals surface area contributed by atoms with Crippen molar-refractivity contribution < 1.29 is 8.78 Å². The van der Waals surface area contributed by atoms with Crippen LogP contribution < -0.4 is 10.2 Å². The standard InChI is InChI=1S/C25H22F2N6/c1-32-14-18-8-15(2-3-22(18)31-32)20-13-30-25-19(20)9-17(12-29-25)16-10-21(26)24(27)23(11-16)33-6-4-28-5-7-33/h2-3,8-14,28H,4-7H2,1H3,(H,29,30). The number of aromatic nitrogens is 4. The quantitative estimate of drug-likeness (QED) is 0.431. The number of aromatic amines is 1. The van der Waals surface area contributed by atoms with Crippen molar-refractivity contribution >= 4 is 27.6 Å². The number of piperazine rings is 1. The summed E-state index contributed by atoms with van der Waals surface area (Å²) in [5.74, 6) is -1.65. The van der Waals surface area contributed by atoms with Crippen LogP contribution in [0.25, 0.3) is 44.2 Å². The van der Waals surface area contributed by atoms with Crippen LogP contribution in [0.1, 0.15) is 0 Å². The van der Waals surface area contributed by atoms with Crippen molar-refractivity contribution in [2.45, 2.75) is 0 Å². The average Bonchev–Trinajstić information content (AvgIpc) is 3.42. The van der Waals surface area contributed by atoms with E-state index >= 15 is 0 Å². The third-order valence-electron chi connectivity index (χ3n) is 6.26. The highest BCUT2D eigenvalue weighted by molar-refractivity contribution is 5.98. The predicted octanol–water partition coefficient (Wildman–Crippen LogP) is 4.47. The zero-order valence-electron chi connectivity index (χ0n) is 18.1. The second kappa shape index (κ2) is 7.67. The molecule has 0 amide bonds. The molecule has 8 heteroatoms. The average molecular weight is 444 g/mol. The SMILES string of the molecule is Cn1cc2cc(-c3c[nH]c4ncc(-c5cc(F)c(F)c(N6CCNCC6)c5)cc34)ccc2n1. The van der Waals surface area contributed by atoms with Gasteiger partial charge in [-0.2, -0.15) is 5.10 Å². The van der Waals surface area contributed by atoms with Gasteiger partial charge in [0.05, 0.1) is 11.2 Å². The Balaban J connectivity index is 1.45. The number of H-pyrrole nitrogens is 1. The monoisotopic (exact) mass is 444 g/mol. The molecule has 6 nitrogen and oxygen atoms in total. The number of fused-ring (bicyclic) bond motifs is 2. The molecule has 4 heterocycles. The molecule has 1 aliphatic rings. The van der Waals surface area contributed by atoms with Crippen LogP contribution in [0, 0.1) is 11.6 Å². The maximum absolute atomic E-state index is 14.6. The molecule has 0 atom stereocenters. The van der Waals surface area contributed by atoms with E-state index in [1.54, 1.807) is 16.9 Å². The van der Waals surface area contributed by atoms with Crippen LogP contribution in [0.3, 0.4) is 0 Å². The number of nitrogens with one attached hydrogen (secondary N) is 2. The summed E-state index contributed by atoms with van der Waals surface area (Å²) in [5.41, 5.74) is 5.34. The van der Waals surface area contributed by atoms with Crippen LogP contribution in [-0.4, -0.2) is 45.9 Å². The first-order valence-electron chi connectivity index (χ1n) is 10.9. The van der Waals surface area contributed by atoms with Gasteiger partial charge >= 0.3 is 0 Å². The molecule has 166 valence electrons. The van der Waals surface area contributed by atoms with E-state index in [-0.39, 0.29) is 0 Å². The molecule has 1 fully saturated rings. The molecule has 0 aliphatic carbocycles. The lowest BCUT2D eigenvalue weighted by Gasteiger charge is -2.30. The van der Waals surface area contributed by atoms with Crippen molar-refractivity contribution in [3.05, 3.63) is 66.6 Å². The number of hydrogen-bond acceptors (Lipinski definition) is 4. The Kier molecular flexibility index (Phi) is 4.62. The predicted molar refractivity (Wildman–Crippen MR) is 126 cm³/mol. The number of nitrogens with zero attached hydrogens (tertiary/aromatic N) is 4. The van der Waals surface area contributed by atoms with Crippen molar-refractivity contribution in [1.29, 1.82) is 0 Å². The molecule has 3 aromatic heterocycles. The molecular formula is C25H22F2N6. The van der Waals surface area contributed by atoms with Gasteiger partial charge in [0.1, 0.15) is 5.65 Å². The zero-order chi connectivity index (χ0) is 22.5. The highest BCUT2D eigenvalue weighted by Gasteiger charge is 2.20. The number of pyridine rings is 1. The molecule has 1 aliphatic heterocycles. The van der Waals surface area contributed by atoms with E-state index in [0.717, 1.165) is 51.7 Å². The van der Waals surface area contributed by atoms with Gasteiger partial charge in [0, 0.05) is 73.7 Å². The van der Waals surface area contributed by atoms with Gasteiger partial charge in [-0.15, -0.1) is 0 Å². The summed E-state index contributed by atoms with van der Waals surface area (Å²) in [6, 6.07) is 11.1. The summed E-state index contributed by atoms with van der Waals surface area (Å²) in [4.78, 5) is 9.66. The summed E-state index contributed by atoms with van der Waals surface area (Å²) in [7, 11) is 1.90. The summed E-state index contributed by atoms with van der Waals surface area (Å²) >= 11 is 0. The first kappa shape index (κ1) is 19.9. The van der Waals surface area contributed by atoms with Crippen LogP contribution in [0.15, 0.2) is 55.0 Å². The van der Waals surface area contributed by atoms with Gasteiger partial charge in [-0.3, -0.25) is 4.68 Å². The van der Waals surface area contributed by atoms with Crippen molar-refractivity contribution in [2.75, 3.05) is 31.1 Å². The fraction of sp³-hybridized carbons (Fsp3) is 0.200. The van der Waals surface area contributed by atoms with E-state index in [9.17, 15) is 8.78 Å². The van der Waals surface area contributed by atoms with E-state index in [1.807, 2.05) is 42.5 Å². The van der Waals surface area contributed by atoms with Crippen LogP contribution in [0.5, 0.6) is 0 Å². The molecule has 0 radical (unpaired) electrons. The number of benzene rings is 2. The van der Waals surface area contributed by atoms with Crippen molar-refractivity contribution in [1.82, 2.24) is 25.1 Å². The van der Waals surface area contributed by atoms with Gasteiger partial charge in [-0.25, -0.2) is 13.8 Å². The summed E-state index contributed by atoms with van der Waals surface area (Å²) in [6.45, 7) is 2.76. The van der Waals surface area contributed by atoms with Crippen molar-refractivity contribution in [2.24, 2.45) is 7.05 Å². The molecule has 2 aromatic carbocycles. The minimum atomic E-state index is -0.850. The second-order valence-electron chi connectivity index (χ2n) is 8.43. The molecule has 2 N–H and O–H groups in total. The fourth-order valence-corrected chi connectivity index (χ4v) is 4.59. The number of hydrogen-bond donors (Lipinski definition) is 2. The molecule has 0 spiro atoms. The molecule has 1 saturated heterocycles. The minimum absolute atomic E-state index is 0.294. The van der Waals surface area contributed by atoms with E-state index in [4.69, 9.17) is 0 Å². The molecule has 33 heavy (non-hydrogen) atoms. The Bertz CT molecular complexity index is 1500. The molecule has 5 aromatic rings. The summed E-state index contributed by atoms with van der Waals surface area (Å²) in [6.07, 6.45) is 5.60. The van der Waals surface area contributed by atoms with E-state index in [1.165, 1.54) is 6.07 Å². The topological polar surface area (TPSA) is 61.8 Å². The van der Waals surface area contributed by atoms with E-state index < -0.39 is 11.6 Å². The van der Waals surface area contributed by atoms with Gasteiger partial charge in [-0.05, 0) is 41.5 Å². The molecule has 0 unspecified atom stereocenters. The maximum Gasteiger partial charge on any atom is 0.182 e. The third-order valence-corrected chi connectivity index (χ3v) is 6.26. The molecular weight excluding hydrogens is 422 g/mol. The highest BCUT2D eigenvalue weighted by Crippen LogP contribution is 2.34. The smallest absolute Gasteiger partial charge is 0.182 e. The molecule has 0 saturated carbocycles. The summed E-state index contributed by atoms with van der Waals surface area (Å²) < 4.78 is 31.0. The maximum atomic E-state index is 14.6. The van der Waals surface area contributed by atoms with Gasteiger partial charge < -0.3 is 15.2 Å². The molecule has 6 rings (SSSR count). The van der Waals surface area contributed by atoms with Gasteiger partial charge in [-0.1, -0.05) is 6.07 Å². The Labute approximate surface area is 188 Å². The number of aryl methyl sites for hydroxylation is 1. The largest absolute Gasteiger partial charge is 0.367 e. The fourth-order valence-electron chi connectivity index (χ4n) is 4.59. The Morgan fingerprint density at radius 1 is 0.970 bits per heavy atom. The van der Waals surface area contributed by atoms with Gasteiger partial charge in [0.25, 0.3) is 0 Å². The minimum Gasteiger partial charge on any atom is -0.367 e. The first-order chi connectivity index (χ1) is 16.1. The molecule has 0 bridgehead atoms. The van der Waals surface area contributed by atoms with E-state index in [2.05, 4.69) is 26.4 Å². The van der Waals surface area contributed by atoms with Crippen LogP contribution in [0.4, 0.5) is 14.5 Å². The van der Waals surface area contributed by atoms with Crippen LogP contribution >= 0.6 is 0 Å². The zero-order valence-corrected chi connectivity index (χ0v) is 18.1. The van der Waals surface area contributed by atoms with Crippen LogP contribution in [-0.2, 0) is 7.05 Å². The van der Waals surface area contributed by atoms with Gasteiger partial charge in [0.15, 0.2) is 11.6 Å². The van der Waals surface area contributed by atoms with Gasteiger partial charge in [0.2, 0.25) is 0 Å². The lowest BCUT2D eigenvalue weighted by atomic mass is 10.0. The Morgan fingerprint density at radius 2 is 1.82 bits per heavy atom. The lowest BCUT2D eigenvalue weighted by molar-refractivity contribution is 0.500. The van der Waals surface area contributed by atoms with E-state index in [0.29, 0.717) is 24.3 Å². The van der Waals surface area contributed by atoms with Crippen molar-refractivity contribution in [3.63, 3.8) is 0 Å². The highest BCUT2D eigenvalue weighted by atomic mass is 19.2.